The Morgan fingerprint density at radius 2 is 2.35 bits per heavy atom. The predicted molar refractivity (Wildman–Crippen MR) is 83.6 cm³/mol. The van der Waals surface area contributed by atoms with Crippen molar-refractivity contribution in [2.45, 2.75) is 38.4 Å². The summed E-state index contributed by atoms with van der Waals surface area (Å²) < 4.78 is 0. The maximum Gasteiger partial charge on any atom is 0.287 e. The van der Waals surface area contributed by atoms with Crippen LogP contribution in [0.4, 0.5) is 11.5 Å². The molecule has 0 amide bonds. The molecule has 0 radical (unpaired) electrons. The zero-order valence-corrected chi connectivity index (χ0v) is 12.9. The topological polar surface area (TPSA) is 59.3 Å². The summed E-state index contributed by atoms with van der Waals surface area (Å²) in [6.07, 6.45) is 5.04. The molecule has 0 bridgehead atoms. The van der Waals surface area contributed by atoms with Crippen LogP contribution in [0.25, 0.3) is 0 Å². The van der Waals surface area contributed by atoms with Gasteiger partial charge in [0, 0.05) is 24.4 Å². The molecule has 1 unspecified atom stereocenters. The van der Waals surface area contributed by atoms with Crippen LogP contribution in [0.1, 0.15) is 31.7 Å². The Bertz CT molecular complexity index is 481. The molecule has 1 aliphatic rings. The smallest absolute Gasteiger partial charge is 0.287 e. The van der Waals surface area contributed by atoms with Gasteiger partial charge in [0.15, 0.2) is 0 Å². The quantitative estimate of drug-likeness (QED) is 0.629. The molecule has 1 aromatic rings. The minimum atomic E-state index is -0.387. The lowest BCUT2D eigenvalue weighted by Crippen LogP contribution is -2.31. The first kappa shape index (κ1) is 15.1. The van der Waals surface area contributed by atoms with Crippen molar-refractivity contribution in [2.75, 3.05) is 23.7 Å². The van der Waals surface area contributed by atoms with Gasteiger partial charge in [-0.2, -0.15) is 11.8 Å². The van der Waals surface area contributed by atoms with Crippen molar-refractivity contribution in [3.8, 4) is 0 Å². The van der Waals surface area contributed by atoms with Crippen LogP contribution < -0.4 is 4.90 Å². The van der Waals surface area contributed by atoms with Crippen LogP contribution in [0.3, 0.4) is 0 Å². The first-order chi connectivity index (χ1) is 9.61. The number of thioether (sulfide) groups is 1. The molecule has 1 saturated heterocycles. The number of nitrogens with zero attached hydrogens (tertiary/aromatic N) is 3. The third-order valence-corrected chi connectivity index (χ3v) is 4.77. The number of anilines is 1. The third kappa shape index (κ3) is 3.62. The van der Waals surface area contributed by atoms with E-state index in [1.807, 2.05) is 18.7 Å². The van der Waals surface area contributed by atoms with Crippen LogP contribution in [-0.4, -0.2) is 34.0 Å². The van der Waals surface area contributed by atoms with Crippen molar-refractivity contribution in [3.63, 3.8) is 0 Å². The molecule has 0 saturated carbocycles. The van der Waals surface area contributed by atoms with E-state index in [1.54, 1.807) is 6.07 Å². The lowest BCUT2D eigenvalue weighted by atomic mass is 10.2. The highest BCUT2D eigenvalue weighted by Crippen LogP contribution is 2.27. The fourth-order valence-corrected chi connectivity index (χ4v) is 3.74. The molecule has 2 heterocycles. The van der Waals surface area contributed by atoms with E-state index in [-0.39, 0.29) is 10.6 Å². The zero-order valence-electron chi connectivity index (χ0n) is 12.0. The highest BCUT2D eigenvalue weighted by atomic mass is 32.2. The highest BCUT2D eigenvalue weighted by molar-refractivity contribution is 7.99. The van der Waals surface area contributed by atoms with E-state index >= 15 is 0 Å². The van der Waals surface area contributed by atoms with Gasteiger partial charge in [0.25, 0.3) is 5.69 Å². The second-order valence-corrected chi connectivity index (χ2v) is 6.69. The Balaban J connectivity index is 2.18. The van der Waals surface area contributed by atoms with Gasteiger partial charge in [0.2, 0.25) is 0 Å². The number of rotatable bonds is 4. The van der Waals surface area contributed by atoms with Gasteiger partial charge >= 0.3 is 0 Å². The minimum absolute atomic E-state index is 0.0700. The fraction of sp³-hybridized carbons (Fsp3) is 0.643. The van der Waals surface area contributed by atoms with Gasteiger partial charge in [-0.1, -0.05) is 13.3 Å². The number of aromatic nitrogens is 1. The number of pyridine rings is 1. The summed E-state index contributed by atoms with van der Waals surface area (Å²) in [4.78, 5) is 17.0. The van der Waals surface area contributed by atoms with Crippen molar-refractivity contribution in [1.82, 2.24) is 4.98 Å². The molecular weight excluding hydrogens is 274 g/mol. The number of aryl methyl sites for hydroxylation is 1. The Morgan fingerprint density at radius 1 is 1.55 bits per heavy atom. The summed E-state index contributed by atoms with van der Waals surface area (Å²) in [6, 6.07) is 1.62. The maximum absolute atomic E-state index is 10.8. The summed E-state index contributed by atoms with van der Waals surface area (Å²) in [5.41, 5.74) is 0.960. The van der Waals surface area contributed by atoms with Gasteiger partial charge < -0.3 is 4.90 Å². The van der Waals surface area contributed by atoms with Gasteiger partial charge in [-0.25, -0.2) is 4.98 Å². The van der Waals surface area contributed by atoms with Gasteiger partial charge in [0.1, 0.15) is 12.0 Å². The van der Waals surface area contributed by atoms with E-state index in [2.05, 4.69) is 16.8 Å². The first-order valence-corrected chi connectivity index (χ1v) is 8.14. The monoisotopic (exact) mass is 295 g/mol. The molecule has 1 fully saturated rings. The van der Waals surface area contributed by atoms with Gasteiger partial charge in [-0.3, -0.25) is 10.1 Å². The molecular formula is C14H21N3O2S. The second-order valence-electron chi connectivity index (χ2n) is 5.11. The molecule has 1 aliphatic heterocycles. The summed E-state index contributed by atoms with van der Waals surface area (Å²) in [7, 11) is 0. The van der Waals surface area contributed by atoms with Crippen molar-refractivity contribution in [1.29, 1.82) is 0 Å². The Morgan fingerprint density at radius 3 is 3.00 bits per heavy atom. The minimum Gasteiger partial charge on any atom is -0.355 e. The molecule has 0 N–H and O–H groups in total. The molecule has 0 aliphatic carbocycles. The Hall–Kier alpha value is -1.30. The molecule has 110 valence electrons. The lowest BCUT2D eigenvalue weighted by molar-refractivity contribution is -0.385. The molecule has 6 heteroatoms. The fourth-order valence-electron chi connectivity index (χ4n) is 2.65. The van der Waals surface area contributed by atoms with E-state index in [1.165, 1.54) is 25.5 Å². The van der Waals surface area contributed by atoms with E-state index in [0.717, 1.165) is 30.2 Å². The number of hydrogen-bond acceptors (Lipinski definition) is 5. The highest BCUT2D eigenvalue weighted by Gasteiger charge is 2.21. The average molecular weight is 295 g/mol. The van der Waals surface area contributed by atoms with Gasteiger partial charge in [0.05, 0.1) is 4.92 Å². The first-order valence-electron chi connectivity index (χ1n) is 7.09. The standard InChI is InChI=1S/C14H21N3O2S/c1-3-20-13-6-4-5-7-16(10-13)14-11(2)8-12(9-15-14)17(18)19/h8-9,13H,3-7,10H2,1-2H3. The maximum atomic E-state index is 10.8. The predicted octanol–water partition coefficient (Wildman–Crippen LogP) is 3.41. The van der Waals surface area contributed by atoms with Crippen molar-refractivity contribution >= 4 is 23.3 Å². The van der Waals surface area contributed by atoms with Crippen molar-refractivity contribution in [3.05, 3.63) is 27.9 Å². The van der Waals surface area contributed by atoms with Gasteiger partial charge in [-0.05, 0) is 31.1 Å². The second kappa shape index (κ2) is 6.92. The van der Waals surface area contributed by atoms with Crippen LogP contribution in [0, 0.1) is 17.0 Å². The van der Waals surface area contributed by atoms with Gasteiger partial charge in [-0.15, -0.1) is 0 Å². The molecule has 5 nitrogen and oxygen atoms in total. The molecule has 2 rings (SSSR count). The average Bonchev–Trinajstić information content (AvgIpc) is 2.64. The third-order valence-electron chi connectivity index (χ3n) is 3.58. The summed E-state index contributed by atoms with van der Waals surface area (Å²) in [5.74, 6) is 2.03. The summed E-state index contributed by atoms with van der Waals surface area (Å²) in [6.45, 7) is 6.08. The molecule has 1 atom stereocenters. The zero-order chi connectivity index (χ0) is 14.5. The number of nitro groups is 1. The van der Waals surface area contributed by atoms with E-state index in [4.69, 9.17) is 0 Å². The van der Waals surface area contributed by atoms with Crippen molar-refractivity contribution in [2.24, 2.45) is 0 Å². The number of hydrogen-bond donors (Lipinski definition) is 0. The summed E-state index contributed by atoms with van der Waals surface area (Å²) >= 11 is 2.00. The SMILES string of the molecule is CCSC1CCCCN(c2ncc([N+](=O)[O-])cc2C)C1. The van der Waals surface area contributed by atoms with Crippen LogP contribution in [0.2, 0.25) is 0 Å². The van der Waals surface area contributed by atoms with Crippen LogP contribution in [0.5, 0.6) is 0 Å². The van der Waals surface area contributed by atoms with E-state index in [0.29, 0.717) is 5.25 Å². The largest absolute Gasteiger partial charge is 0.355 e. The molecule has 20 heavy (non-hydrogen) atoms. The normalized spacial score (nSPS) is 19.7. The molecule has 0 aromatic carbocycles. The van der Waals surface area contributed by atoms with Crippen LogP contribution >= 0.6 is 11.8 Å². The lowest BCUT2D eigenvalue weighted by Gasteiger charge is -2.26. The van der Waals surface area contributed by atoms with E-state index in [9.17, 15) is 10.1 Å². The van der Waals surface area contributed by atoms with Crippen molar-refractivity contribution < 1.29 is 4.92 Å². The Kier molecular flexibility index (Phi) is 5.23. The van der Waals surface area contributed by atoms with Crippen LogP contribution in [-0.2, 0) is 0 Å². The van der Waals surface area contributed by atoms with E-state index < -0.39 is 0 Å². The molecule has 0 spiro atoms. The molecule has 1 aromatic heterocycles. The van der Waals surface area contributed by atoms with Crippen LogP contribution in [0.15, 0.2) is 12.3 Å². The summed E-state index contributed by atoms with van der Waals surface area (Å²) in [5, 5.41) is 11.4. The Labute approximate surface area is 123 Å².